The van der Waals surface area contributed by atoms with Crippen molar-refractivity contribution in [3.8, 4) is 17.2 Å². The van der Waals surface area contributed by atoms with E-state index < -0.39 is 5.97 Å². The molecule has 1 amide bonds. The molecule has 7 nitrogen and oxygen atoms in total. The molecule has 138 valence electrons. The highest BCUT2D eigenvalue weighted by Crippen LogP contribution is 2.33. The normalized spacial score (nSPS) is 9.96. The molecule has 7 heteroatoms. The Bertz CT molecular complexity index is 760. The maximum Gasteiger partial charge on any atom is 0.340 e. The summed E-state index contributed by atoms with van der Waals surface area (Å²) in [4.78, 5) is 23.8. The zero-order chi connectivity index (χ0) is 18.9. The SMILES string of the molecule is COc1cc(NC(C)=O)c(C(=O)OCCOc2ccccc2)cc1OC. The summed E-state index contributed by atoms with van der Waals surface area (Å²) in [5.74, 6) is 0.507. The summed E-state index contributed by atoms with van der Waals surface area (Å²) in [7, 11) is 2.92. The van der Waals surface area contributed by atoms with Gasteiger partial charge in [-0.1, -0.05) is 18.2 Å². The molecule has 0 aliphatic heterocycles. The van der Waals surface area contributed by atoms with Crippen LogP contribution in [0.1, 0.15) is 17.3 Å². The highest BCUT2D eigenvalue weighted by molar-refractivity contribution is 6.01. The number of para-hydroxylation sites is 1. The van der Waals surface area contributed by atoms with Crippen LogP contribution in [0.25, 0.3) is 0 Å². The maximum absolute atomic E-state index is 12.4. The summed E-state index contributed by atoms with van der Waals surface area (Å²) < 4.78 is 21.1. The van der Waals surface area contributed by atoms with Gasteiger partial charge in [-0.3, -0.25) is 4.79 Å². The summed E-state index contributed by atoms with van der Waals surface area (Å²) in [6.45, 7) is 1.61. The molecule has 0 aliphatic rings. The van der Waals surface area contributed by atoms with Crippen LogP contribution in [-0.2, 0) is 9.53 Å². The number of carbonyl (C=O) groups is 2. The minimum atomic E-state index is -0.605. The van der Waals surface area contributed by atoms with E-state index in [1.807, 2.05) is 30.3 Å². The molecule has 2 rings (SSSR count). The second kappa shape index (κ2) is 9.31. The monoisotopic (exact) mass is 359 g/mol. The van der Waals surface area contributed by atoms with Gasteiger partial charge in [0.2, 0.25) is 5.91 Å². The molecule has 0 heterocycles. The molecule has 2 aromatic carbocycles. The molecule has 0 fully saturated rings. The predicted octanol–water partition coefficient (Wildman–Crippen LogP) is 2.90. The first-order valence-corrected chi connectivity index (χ1v) is 7.93. The third-order valence-electron chi connectivity index (χ3n) is 3.38. The third kappa shape index (κ3) is 5.14. The molecule has 0 unspecified atom stereocenters. The Morgan fingerprint density at radius 1 is 0.962 bits per heavy atom. The fraction of sp³-hybridized carbons (Fsp3) is 0.263. The lowest BCUT2D eigenvalue weighted by molar-refractivity contribution is -0.114. The number of anilines is 1. The lowest BCUT2D eigenvalue weighted by Crippen LogP contribution is -2.16. The second-order valence-corrected chi connectivity index (χ2v) is 5.23. The van der Waals surface area contributed by atoms with Gasteiger partial charge in [0.25, 0.3) is 0 Å². The number of carbonyl (C=O) groups excluding carboxylic acids is 2. The van der Waals surface area contributed by atoms with Crippen molar-refractivity contribution in [1.29, 1.82) is 0 Å². The zero-order valence-corrected chi connectivity index (χ0v) is 14.9. The molecule has 0 saturated carbocycles. The van der Waals surface area contributed by atoms with Crippen molar-refractivity contribution in [2.45, 2.75) is 6.92 Å². The van der Waals surface area contributed by atoms with Gasteiger partial charge < -0.3 is 24.3 Å². The van der Waals surface area contributed by atoms with Crippen LogP contribution < -0.4 is 19.5 Å². The van der Waals surface area contributed by atoms with E-state index in [0.29, 0.717) is 17.2 Å². The van der Waals surface area contributed by atoms with Crippen molar-refractivity contribution in [3.05, 3.63) is 48.0 Å². The number of rotatable bonds is 8. The topological polar surface area (TPSA) is 83.1 Å². The maximum atomic E-state index is 12.4. The van der Waals surface area contributed by atoms with Crippen LogP contribution in [0.3, 0.4) is 0 Å². The van der Waals surface area contributed by atoms with E-state index in [2.05, 4.69) is 5.32 Å². The van der Waals surface area contributed by atoms with Crippen molar-refractivity contribution in [3.63, 3.8) is 0 Å². The minimum Gasteiger partial charge on any atom is -0.493 e. The molecule has 0 atom stereocenters. The van der Waals surface area contributed by atoms with E-state index in [1.54, 1.807) is 0 Å². The van der Waals surface area contributed by atoms with Crippen molar-refractivity contribution < 1.29 is 28.5 Å². The first-order valence-electron chi connectivity index (χ1n) is 7.93. The fourth-order valence-electron chi connectivity index (χ4n) is 2.23. The molecule has 0 aromatic heterocycles. The van der Waals surface area contributed by atoms with Crippen molar-refractivity contribution in [2.24, 2.45) is 0 Å². The Kier molecular flexibility index (Phi) is 6.84. The summed E-state index contributed by atoms with van der Waals surface area (Å²) in [5.41, 5.74) is 0.446. The molecule has 1 N–H and O–H groups in total. The van der Waals surface area contributed by atoms with Crippen LogP contribution >= 0.6 is 0 Å². The van der Waals surface area contributed by atoms with Crippen molar-refractivity contribution in [1.82, 2.24) is 0 Å². The number of esters is 1. The molecule has 2 aromatic rings. The Labute approximate surface area is 151 Å². The zero-order valence-electron chi connectivity index (χ0n) is 14.9. The molecule has 0 radical (unpaired) electrons. The van der Waals surface area contributed by atoms with Crippen LogP contribution in [0.15, 0.2) is 42.5 Å². The quantitative estimate of drug-likeness (QED) is 0.576. The summed E-state index contributed by atoms with van der Waals surface area (Å²) >= 11 is 0. The average Bonchev–Trinajstić information content (AvgIpc) is 2.65. The van der Waals surface area contributed by atoms with E-state index in [9.17, 15) is 9.59 Å². The van der Waals surface area contributed by atoms with E-state index >= 15 is 0 Å². The fourth-order valence-corrected chi connectivity index (χ4v) is 2.23. The summed E-state index contributed by atoms with van der Waals surface area (Å²) in [6.07, 6.45) is 0. The molecule has 0 spiro atoms. The van der Waals surface area contributed by atoms with Gasteiger partial charge in [0.05, 0.1) is 25.5 Å². The van der Waals surface area contributed by atoms with Gasteiger partial charge in [0.1, 0.15) is 19.0 Å². The van der Waals surface area contributed by atoms with Crippen LogP contribution in [0.2, 0.25) is 0 Å². The molecule has 0 bridgehead atoms. The van der Waals surface area contributed by atoms with Crippen LogP contribution in [-0.4, -0.2) is 39.3 Å². The van der Waals surface area contributed by atoms with Gasteiger partial charge in [-0.15, -0.1) is 0 Å². The number of benzene rings is 2. The second-order valence-electron chi connectivity index (χ2n) is 5.23. The predicted molar refractivity (Wildman–Crippen MR) is 96.1 cm³/mol. The number of amides is 1. The summed E-state index contributed by atoms with van der Waals surface area (Å²) in [6, 6.07) is 12.2. The van der Waals surface area contributed by atoms with E-state index in [1.165, 1.54) is 33.3 Å². The molecule has 0 aliphatic carbocycles. The number of hydrogen-bond donors (Lipinski definition) is 1. The van der Waals surface area contributed by atoms with Crippen LogP contribution in [0.4, 0.5) is 5.69 Å². The van der Waals surface area contributed by atoms with Gasteiger partial charge in [0, 0.05) is 19.1 Å². The molecule has 0 saturated heterocycles. The van der Waals surface area contributed by atoms with Crippen LogP contribution in [0.5, 0.6) is 17.2 Å². The Balaban J connectivity index is 2.06. The third-order valence-corrected chi connectivity index (χ3v) is 3.38. The van der Waals surface area contributed by atoms with Gasteiger partial charge >= 0.3 is 5.97 Å². The van der Waals surface area contributed by atoms with E-state index in [4.69, 9.17) is 18.9 Å². The number of methoxy groups -OCH3 is 2. The first kappa shape index (κ1) is 19.1. The number of nitrogens with one attached hydrogen (secondary N) is 1. The van der Waals surface area contributed by atoms with E-state index in [-0.39, 0.29) is 30.4 Å². The number of ether oxygens (including phenoxy) is 4. The smallest absolute Gasteiger partial charge is 0.340 e. The molecular formula is C19H21NO6. The number of hydrogen-bond acceptors (Lipinski definition) is 6. The standard InChI is InChI=1S/C19H21NO6/c1-13(21)20-16-12-18(24-3)17(23-2)11-15(16)19(22)26-10-9-25-14-7-5-4-6-8-14/h4-8,11-12H,9-10H2,1-3H3,(H,20,21). The Hall–Kier alpha value is -3.22. The highest BCUT2D eigenvalue weighted by atomic mass is 16.6. The lowest BCUT2D eigenvalue weighted by Gasteiger charge is -2.15. The van der Waals surface area contributed by atoms with Gasteiger partial charge in [-0.2, -0.15) is 0 Å². The van der Waals surface area contributed by atoms with E-state index in [0.717, 1.165) is 0 Å². The van der Waals surface area contributed by atoms with Gasteiger partial charge in [0.15, 0.2) is 11.5 Å². The Morgan fingerprint density at radius 2 is 1.62 bits per heavy atom. The van der Waals surface area contributed by atoms with Crippen LogP contribution in [0, 0.1) is 0 Å². The highest BCUT2D eigenvalue weighted by Gasteiger charge is 2.19. The Morgan fingerprint density at radius 3 is 2.23 bits per heavy atom. The minimum absolute atomic E-state index is 0.0571. The molecule has 26 heavy (non-hydrogen) atoms. The van der Waals surface area contributed by atoms with Crippen molar-refractivity contribution >= 4 is 17.6 Å². The lowest BCUT2D eigenvalue weighted by atomic mass is 10.1. The average molecular weight is 359 g/mol. The van der Waals surface area contributed by atoms with Gasteiger partial charge in [-0.25, -0.2) is 4.79 Å². The largest absolute Gasteiger partial charge is 0.493 e. The molecular weight excluding hydrogens is 338 g/mol. The first-order chi connectivity index (χ1) is 12.5. The van der Waals surface area contributed by atoms with Gasteiger partial charge in [-0.05, 0) is 12.1 Å². The summed E-state index contributed by atoms with van der Waals surface area (Å²) in [5, 5.41) is 2.59. The van der Waals surface area contributed by atoms with Crippen molar-refractivity contribution in [2.75, 3.05) is 32.8 Å².